The molecular formula is C15H22N2O2. The van der Waals surface area contributed by atoms with Gasteiger partial charge in [-0.05, 0) is 12.5 Å². The lowest BCUT2D eigenvalue weighted by Crippen LogP contribution is -2.35. The Bertz CT molecular complexity index is 403. The summed E-state index contributed by atoms with van der Waals surface area (Å²) in [6.45, 7) is 6.42. The topological polar surface area (TPSA) is 41.6 Å². The van der Waals surface area contributed by atoms with E-state index in [2.05, 4.69) is 36.5 Å². The van der Waals surface area contributed by atoms with Crippen LogP contribution < -0.4 is 5.32 Å². The average molecular weight is 262 g/mol. The first-order valence-corrected chi connectivity index (χ1v) is 6.87. The standard InChI is InChI=1S/C15H22N2O2/c1-13-2-4-14(5-3-13)12-19-11-10-17-9-8-16-7-6-15(17)18/h2-5,16H,6-12H2,1H3. The molecule has 0 bridgehead atoms. The minimum absolute atomic E-state index is 0.226. The summed E-state index contributed by atoms with van der Waals surface area (Å²) in [6, 6.07) is 8.33. The number of rotatable bonds is 5. The molecule has 1 N–H and O–H groups in total. The van der Waals surface area contributed by atoms with Gasteiger partial charge in [0, 0.05) is 32.6 Å². The third-order valence-corrected chi connectivity index (χ3v) is 3.32. The molecule has 0 spiro atoms. The number of aryl methyl sites for hydroxylation is 1. The molecule has 0 aliphatic carbocycles. The highest BCUT2D eigenvalue weighted by Gasteiger charge is 2.15. The second-order valence-electron chi connectivity index (χ2n) is 4.92. The fourth-order valence-electron chi connectivity index (χ4n) is 2.10. The van der Waals surface area contributed by atoms with Gasteiger partial charge in [0.1, 0.15) is 0 Å². The Morgan fingerprint density at radius 3 is 2.84 bits per heavy atom. The smallest absolute Gasteiger partial charge is 0.223 e. The summed E-state index contributed by atoms with van der Waals surface area (Å²) in [5.74, 6) is 0.226. The second-order valence-corrected chi connectivity index (χ2v) is 4.92. The molecule has 2 rings (SSSR count). The molecule has 1 amide bonds. The van der Waals surface area contributed by atoms with Gasteiger partial charge in [0.25, 0.3) is 0 Å². The van der Waals surface area contributed by atoms with E-state index in [4.69, 9.17) is 4.74 Å². The molecule has 1 aliphatic rings. The zero-order valence-corrected chi connectivity index (χ0v) is 11.5. The summed E-state index contributed by atoms with van der Waals surface area (Å²) in [7, 11) is 0. The van der Waals surface area contributed by atoms with Crippen molar-refractivity contribution in [3.05, 3.63) is 35.4 Å². The molecule has 1 saturated heterocycles. The van der Waals surface area contributed by atoms with Crippen LogP contribution in [0.3, 0.4) is 0 Å². The van der Waals surface area contributed by atoms with Gasteiger partial charge in [-0.1, -0.05) is 29.8 Å². The molecule has 0 radical (unpaired) electrons. The summed E-state index contributed by atoms with van der Waals surface area (Å²) in [5.41, 5.74) is 2.43. The van der Waals surface area contributed by atoms with Gasteiger partial charge in [0.15, 0.2) is 0 Å². The molecule has 1 heterocycles. The van der Waals surface area contributed by atoms with E-state index in [1.54, 1.807) is 0 Å². The first-order valence-electron chi connectivity index (χ1n) is 6.87. The predicted molar refractivity (Wildman–Crippen MR) is 74.9 cm³/mol. The molecule has 1 aromatic carbocycles. The number of hydrogen-bond acceptors (Lipinski definition) is 3. The second kappa shape index (κ2) is 7.26. The van der Waals surface area contributed by atoms with Gasteiger partial charge in [0.05, 0.1) is 13.2 Å². The molecule has 1 aliphatic heterocycles. The van der Waals surface area contributed by atoms with E-state index in [0.717, 1.165) is 19.6 Å². The molecule has 0 saturated carbocycles. The van der Waals surface area contributed by atoms with Crippen LogP contribution in [0.5, 0.6) is 0 Å². The normalized spacial score (nSPS) is 16.5. The van der Waals surface area contributed by atoms with E-state index in [1.807, 2.05) is 4.90 Å². The third kappa shape index (κ3) is 4.65. The molecule has 0 unspecified atom stereocenters. The highest BCUT2D eigenvalue weighted by molar-refractivity contribution is 5.76. The lowest BCUT2D eigenvalue weighted by molar-refractivity contribution is -0.131. The maximum atomic E-state index is 11.7. The van der Waals surface area contributed by atoms with E-state index in [1.165, 1.54) is 11.1 Å². The predicted octanol–water partition coefficient (Wildman–Crippen LogP) is 1.33. The number of ether oxygens (including phenoxy) is 1. The summed E-state index contributed by atoms with van der Waals surface area (Å²) in [4.78, 5) is 13.6. The van der Waals surface area contributed by atoms with Gasteiger partial charge in [-0.3, -0.25) is 4.79 Å². The van der Waals surface area contributed by atoms with E-state index < -0.39 is 0 Å². The first-order chi connectivity index (χ1) is 9.25. The van der Waals surface area contributed by atoms with Crippen LogP contribution in [0.2, 0.25) is 0 Å². The van der Waals surface area contributed by atoms with Crippen LogP contribution in [-0.4, -0.2) is 43.6 Å². The van der Waals surface area contributed by atoms with E-state index in [0.29, 0.717) is 26.2 Å². The van der Waals surface area contributed by atoms with Crippen molar-refractivity contribution in [1.82, 2.24) is 10.2 Å². The molecule has 19 heavy (non-hydrogen) atoms. The van der Waals surface area contributed by atoms with Crippen molar-refractivity contribution in [3.63, 3.8) is 0 Å². The first kappa shape index (κ1) is 14.0. The van der Waals surface area contributed by atoms with Crippen LogP contribution >= 0.6 is 0 Å². The van der Waals surface area contributed by atoms with Gasteiger partial charge in [0.2, 0.25) is 5.91 Å². The van der Waals surface area contributed by atoms with Crippen molar-refractivity contribution < 1.29 is 9.53 Å². The van der Waals surface area contributed by atoms with E-state index in [-0.39, 0.29) is 5.91 Å². The van der Waals surface area contributed by atoms with Crippen molar-refractivity contribution in [2.45, 2.75) is 20.0 Å². The van der Waals surface area contributed by atoms with E-state index in [9.17, 15) is 4.79 Å². The summed E-state index contributed by atoms with van der Waals surface area (Å²) < 4.78 is 5.64. The monoisotopic (exact) mass is 262 g/mol. The summed E-state index contributed by atoms with van der Waals surface area (Å²) in [6.07, 6.45) is 0.595. The molecular weight excluding hydrogens is 240 g/mol. The summed E-state index contributed by atoms with van der Waals surface area (Å²) in [5, 5.41) is 3.23. The van der Waals surface area contributed by atoms with Crippen molar-refractivity contribution in [2.24, 2.45) is 0 Å². The zero-order valence-electron chi connectivity index (χ0n) is 11.5. The van der Waals surface area contributed by atoms with Crippen LogP contribution in [0, 0.1) is 6.92 Å². The lowest BCUT2D eigenvalue weighted by Gasteiger charge is -2.19. The van der Waals surface area contributed by atoms with Gasteiger partial charge >= 0.3 is 0 Å². The number of amides is 1. The molecule has 1 fully saturated rings. The Kier molecular flexibility index (Phi) is 5.36. The Labute approximate surface area is 114 Å². The maximum Gasteiger partial charge on any atom is 0.223 e. The zero-order chi connectivity index (χ0) is 13.5. The Balaban J connectivity index is 1.68. The average Bonchev–Trinajstić information content (AvgIpc) is 2.62. The summed E-state index contributed by atoms with van der Waals surface area (Å²) >= 11 is 0. The van der Waals surface area contributed by atoms with Crippen molar-refractivity contribution in [3.8, 4) is 0 Å². The number of nitrogens with one attached hydrogen (secondary N) is 1. The number of hydrogen-bond donors (Lipinski definition) is 1. The fraction of sp³-hybridized carbons (Fsp3) is 0.533. The minimum atomic E-state index is 0.226. The van der Waals surface area contributed by atoms with Gasteiger partial charge in [-0.25, -0.2) is 0 Å². The molecule has 0 aromatic heterocycles. The van der Waals surface area contributed by atoms with Crippen molar-refractivity contribution in [1.29, 1.82) is 0 Å². The Morgan fingerprint density at radius 1 is 1.26 bits per heavy atom. The van der Waals surface area contributed by atoms with Crippen LogP contribution in [0.25, 0.3) is 0 Å². The molecule has 4 heteroatoms. The van der Waals surface area contributed by atoms with Crippen LogP contribution in [-0.2, 0) is 16.1 Å². The van der Waals surface area contributed by atoms with Crippen LogP contribution in [0.15, 0.2) is 24.3 Å². The highest BCUT2D eigenvalue weighted by Crippen LogP contribution is 2.05. The molecule has 104 valence electrons. The molecule has 1 aromatic rings. The van der Waals surface area contributed by atoms with Gasteiger partial charge < -0.3 is 15.0 Å². The van der Waals surface area contributed by atoms with Crippen molar-refractivity contribution in [2.75, 3.05) is 32.8 Å². The highest BCUT2D eigenvalue weighted by atomic mass is 16.5. The molecule has 4 nitrogen and oxygen atoms in total. The van der Waals surface area contributed by atoms with Gasteiger partial charge in [-0.15, -0.1) is 0 Å². The third-order valence-electron chi connectivity index (χ3n) is 3.32. The van der Waals surface area contributed by atoms with E-state index >= 15 is 0 Å². The van der Waals surface area contributed by atoms with Crippen LogP contribution in [0.4, 0.5) is 0 Å². The minimum Gasteiger partial charge on any atom is -0.375 e. The Morgan fingerprint density at radius 2 is 2.05 bits per heavy atom. The Hall–Kier alpha value is -1.39. The quantitative estimate of drug-likeness (QED) is 0.814. The number of nitrogens with zero attached hydrogens (tertiary/aromatic N) is 1. The fourth-order valence-corrected chi connectivity index (χ4v) is 2.10. The number of carbonyl (C=O) groups is 1. The number of benzene rings is 1. The van der Waals surface area contributed by atoms with Gasteiger partial charge in [-0.2, -0.15) is 0 Å². The lowest BCUT2D eigenvalue weighted by atomic mass is 10.2. The van der Waals surface area contributed by atoms with Crippen LogP contribution in [0.1, 0.15) is 17.5 Å². The maximum absolute atomic E-state index is 11.7. The largest absolute Gasteiger partial charge is 0.375 e. The number of carbonyl (C=O) groups excluding carboxylic acids is 1. The molecule has 0 atom stereocenters. The van der Waals surface area contributed by atoms with Crippen molar-refractivity contribution >= 4 is 5.91 Å². The SMILES string of the molecule is Cc1ccc(COCCN2CCNCCC2=O)cc1.